The molecule has 0 saturated heterocycles. The molecule has 0 atom stereocenters. The van der Waals surface area contributed by atoms with Crippen molar-refractivity contribution in [3.63, 3.8) is 0 Å². The number of aromatic nitrogens is 4. The van der Waals surface area contributed by atoms with E-state index < -0.39 is 0 Å². The molecule has 10 heteroatoms. The maximum absolute atomic E-state index is 11.9. The molecule has 2 heterocycles. The molecule has 8 nitrogen and oxygen atoms in total. The van der Waals surface area contributed by atoms with Gasteiger partial charge in [-0.1, -0.05) is 53.9 Å². The zero-order valence-electron chi connectivity index (χ0n) is 14.5. The van der Waals surface area contributed by atoms with Crippen LogP contribution in [0.3, 0.4) is 0 Å². The van der Waals surface area contributed by atoms with Gasteiger partial charge in [-0.05, 0) is 12.5 Å². The Bertz CT molecular complexity index is 958. The third kappa shape index (κ3) is 6.26. The monoisotopic (exact) mass is 403 g/mol. The quantitative estimate of drug-likeness (QED) is 0.434. The number of nitrogens with zero attached hydrogens (tertiary/aromatic N) is 3. The molecule has 140 valence electrons. The highest BCUT2D eigenvalue weighted by Crippen LogP contribution is 2.21. The molecule has 3 aromatic rings. The van der Waals surface area contributed by atoms with Crippen molar-refractivity contribution in [2.45, 2.75) is 29.6 Å². The molecule has 2 aromatic heterocycles. The number of aromatic amines is 1. The van der Waals surface area contributed by atoms with Crippen LogP contribution in [0.4, 0.5) is 0 Å². The molecular weight excluding hydrogens is 386 g/mol. The fourth-order valence-corrected chi connectivity index (χ4v) is 3.45. The Hall–Kier alpha value is -2.59. The van der Waals surface area contributed by atoms with E-state index in [4.69, 9.17) is 4.42 Å². The lowest BCUT2D eigenvalue weighted by Gasteiger charge is -2.03. The first kappa shape index (κ1) is 19.2. The molecule has 0 spiro atoms. The van der Waals surface area contributed by atoms with Crippen molar-refractivity contribution in [3.05, 3.63) is 63.9 Å². The van der Waals surface area contributed by atoms with Crippen molar-refractivity contribution < 1.29 is 9.21 Å². The Morgan fingerprint density at radius 1 is 1.22 bits per heavy atom. The zero-order valence-corrected chi connectivity index (χ0v) is 16.1. The number of benzene rings is 1. The van der Waals surface area contributed by atoms with Gasteiger partial charge < -0.3 is 14.7 Å². The third-order valence-corrected chi connectivity index (χ3v) is 4.96. The summed E-state index contributed by atoms with van der Waals surface area (Å²) in [5.41, 5.74) is 1.48. The summed E-state index contributed by atoms with van der Waals surface area (Å²) in [4.78, 5) is 30.2. The van der Waals surface area contributed by atoms with Crippen LogP contribution in [-0.2, 0) is 17.1 Å². The van der Waals surface area contributed by atoms with E-state index in [0.29, 0.717) is 34.3 Å². The summed E-state index contributed by atoms with van der Waals surface area (Å²) in [6.07, 6.45) is 0. The Balaban J connectivity index is 1.43. The molecule has 2 N–H and O–H groups in total. The van der Waals surface area contributed by atoms with Crippen LogP contribution in [0.1, 0.15) is 17.1 Å². The molecule has 0 saturated carbocycles. The lowest BCUT2D eigenvalue weighted by molar-refractivity contribution is -0.118. The summed E-state index contributed by atoms with van der Waals surface area (Å²) >= 11 is 2.47. The number of hydrogen-bond acceptors (Lipinski definition) is 8. The topological polar surface area (TPSA) is 114 Å². The normalized spacial score (nSPS) is 10.7. The number of nitrogens with one attached hydrogen (secondary N) is 2. The largest absolute Gasteiger partial charge is 0.415 e. The van der Waals surface area contributed by atoms with Crippen molar-refractivity contribution in [2.75, 3.05) is 5.75 Å². The highest BCUT2D eigenvalue weighted by Gasteiger charge is 2.11. The number of H-pyrrole nitrogens is 1. The Morgan fingerprint density at radius 2 is 2.04 bits per heavy atom. The Morgan fingerprint density at radius 3 is 2.81 bits per heavy atom. The second-order valence-electron chi connectivity index (χ2n) is 5.49. The molecule has 0 radical (unpaired) electrons. The van der Waals surface area contributed by atoms with E-state index in [2.05, 4.69) is 25.5 Å². The van der Waals surface area contributed by atoms with Gasteiger partial charge >= 0.3 is 0 Å². The van der Waals surface area contributed by atoms with E-state index in [-0.39, 0.29) is 17.2 Å². The van der Waals surface area contributed by atoms with Crippen LogP contribution in [0, 0.1) is 6.92 Å². The molecule has 0 fully saturated rings. The predicted molar refractivity (Wildman–Crippen MR) is 102 cm³/mol. The van der Waals surface area contributed by atoms with Crippen molar-refractivity contribution >= 4 is 29.4 Å². The van der Waals surface area contributed by atoms with E-state index in [1.54, 1.807) is 6.92 Å². The van der Waals surface area contributed by atoms with Crippen LogP contribution < -0.4 is 10.9 Å². The van der Waals surface area contributed by atoms with E-state index in [1.807, 2.05) is 30.3 Å². The van der Waals surface area contributed by atoms with Crippen LogP contribution in [0.5, 0.6) is 0 Å². The summed E-state index contributed by atoms with van der Waals surface area (Å²) in [5, 5.41) is 11.5. The smallest absolute Gasteiger partial charge is 0.277 e. The molecule has 1 aromatic carbocycles. The van der Waals surface area contributed by atoms with Gasteiger partial charge in [-0.25, -0.2) is 4.98 Å². The van der Waals surface area contributed by atoms with Crippen molar-refractivity contribution in [3.8, 4) is 0 Å². The van der Waals surface area contributed by atoms with Crippen LogP contribution >= 0.6 is 23.5 Å². The molecule has 1 amide bonds. The first-order valence-corrected chi connectivity index (χ1v) is 10.0. The SMILES string of the molecule is Cc1cc(=O)[nH]c(SCc2nnc(SCC(=O)NCc3ccccc3)o2)n1. The summed E-state index contributed by atoms with van der Waals surface area (Å²) in [5.74, 6) is 0.852. The van der Waals surface area contributed by atoms with Gasteiger partial charge in [0.2, 0.25) is 11.8 Å². The van der Waals surface area contributed by atoms with E-state index in [1.165, 1.54) is 29.6 Å². The van der Waals surface area contributed by atoms with E-state index >= 15 is 0 Å². The van der Waals surface area contributed by atoms with Crippen LogP contribution in [0.25, 0.3) is 0 Å². The summed E-state index contributed by atoms with van der Waals surface area (Å²) in [6.45, 7) is 2.23. The van der Waals surface area contributed by atoms with E-state index in [0.717, 1.165) is 5.56 Å². The molecule has 0 aliphatic rings. The lowest BCUT2D eigenvalue weighted by atomic mass is 10.2. The predicted octanol–water partition coefficient (Wildman–Crippen LogP) is 2.16. The maximum Gasteiger partial charge on any atom is 0.277 e. The van der Waals surface area contributed by atoms with Crippen LogP contribution in [0.2, 0.25) is 0 Å². The number of aryl methyl sites for hydroxylation is 1. The first-order valence-electron chi connectivity index (χ1n) is 8.05. The van der Waals surface area contributed by atoms with Crippen molar-refractivity contribution in [2.24, 2.45) is 0 Å². The number of amides is 1. The minimum atomic E-state index is -0.201. The molecule has 0 aliphatic carbocycles. The van der Waals surface area contributed by atoms with Crippen molar-refractivity contribution in [1.29, 1.82) is 0 Å². The number of rotatable bonds is 8. The summed E-state index contributed by atoms with van der Waals surface area (Å²) in [6, 6.07) is 11.1. The number of carbonyl (C=O) groups excluding carboxylic acids is 1. The minimum absolute atomic E-state index is 0.112. The van der Waals surface area contributed by atoms with Crippen LogP contribution in [-0.4, -0.2) is 31.8 Å². The van der Waals surface area contributed by atoms with E-state index in [9.17, 15) is 9.59 Å². The third-order valence-electron chi connectivity index (χ3n) is 3.29. The van der Waals surface area contributed by atoms with Gasteiger partial charge in [0.05, 0.1) is 11.5 Å². The molecule has 0 bridgehead atoms. The minimum Gasteiger partial charge on any atom is -0.415 e. The highest BCUT2D eigenvalue weighted by atomic mass is 32.2. The number of thioether (sulfide) groups is 2. The standard InChI is InChI=1S/C17H17N5O3S2/c1-11-7-13(23)20-16(19-11)26-10-15-21-22-17(25-15)27-9-14(24)18-8-12-5-3-2-4-6-12/h2-7H,8-10H2,1H3,(H,18,24)(H,19,20,23). The van der Waals surface area contributed by atoms with Gasteiger partial charge in [-0.2, -0.15) is 0 Å². The molecule has 27 heavy (non-hydrogen) atoms. The van der Waals surface area contributed by atoms with Crippen molar-refractivity contribution in [1.82, 2.24) is 25.5 Å². The second-order valence-corrected chi connectivity index (χ2v) is 7.38. The van der Waals surface area contributed by atoms with Gasteiger partial charge in [-0.3, -0.25) is 9.59 Å². The summed E-state index contributed by atoms with van der Waals surface area (Å²) < 4.78 is 5.50. The number of carbonyl (C=O) groups is 1. The second kappa shape index (κ2) is 9.38. The van der Waals surface area contributed by atoms with Gasteiger partial charge in [0, 0.05) is 18.3 Å². The highest BCUT2D eigenvalue weighted by molar-refractivity contribution is 7.99. The maximum atomic E-state index is 11.9. The van der Waals surface area contributed by atoms with Gasteiger partial charge in [0.25, 0.3) is 10.8 Å². The Labute approximate surface area is 163 Å². The first-order chi connectivity index (χ1) is 13.1. The lowest BCUT2D eigenvalue weighted by Crippen LogP contribution is -2.24. The molecule has 0 unspecified atom stereocenters. The zero-order chi connectivity index (χ0) is 19.1. The molecule has 0 aliphatic heterocycles. The fraction of sp³-hybridized carbons (Fsp3) is 0.235. The fourth-order valence-electron chi connectivity index (χ4n) is 2.08. The average molecular weight is 403 g/mol. The van der Waals surface area contributed by atoms with Gasteiger partial charge in [-0.15, -0.1) is 10.2 Å². The Kier molecular flexibility index (Phi) is 6.66. The van der Waals surface area contributed by atoms with Crippen LogP contribution in [0.15, 0.2) is 56.0 Å². The molecular formula is C17H17N5O3S2. The van der Waals surface area contributed by atoms with Gasteiger partial charge in [0.15, 0.2) is 5.16 Å². The van der Waals surface area contributed by atoms with Gasteiger partial charge in [0.1, 0.15) is 0 Å². The number of hydrogen-bond donors (Lipinski definition) is 2. The summed E-state index contributed by atoms with van der Waals surface area (Å²) in [7, 11) is 0. The average Bonchev–Trinajstić information content (AvgIpc) is 3.11. The molecule has 3 rings (SSSR count).